The average Bonchev–Trinajstić information content (AvgIpc) is 2.93. The van der Waals surface area contributed by atoms with Gasteiger partial charge in [0.15, 0.2) is 5.78 Å². The Bertz CT molecular complexity index is 781. The first-order chi connectivity index (χ1) is 12.3. The normalized spacial score (nSPS) is 17.4. The van der Waals surface area contributed by atoms with Crippen LogP contribution in [-0.4, -0.2) is 15.6 Å². The Morgan fingerprint density at radius 2 is 1.73 bits per heavy atom. The first-order valence-corrected chi connectivity index (χ1v) is 10.0. The monoisotopic (exact) mass is 352 g/mol. The molecule has 3 nitrogen and oxygen atoms in total. The third-order valence-corrected chi connectivity index (χ3v) is 5.55. The lowest BCUT2D eigenvalue weighted by molar-refractivity contribution is 0.0855. The Hall–Kier alpha value is -1.90. The van der Waals surface area contributed by atoms with Crippen LogP contribution in [-0.2, 0) is 12.8 Å². The molecule has 0 spiro atoms. The average molecular weight is 353 g/mol. The summed E-state index contributed by atoms with van der Waals surface area (Å²) in [6, 6.07) is 8.52. The minimum Gasteiger partial charge on any atom is -0.292 e. The Morgan fingerprint density at radius 3 is 2.27 bits per heavy atom. The highest BCUT2D eigenvalue weighted by Crippen LogP contribution is 2.34. The summed E-state index contributed by atoms with van der Waals surface area (Å²) in [5.41, 5.74) is 5.44. The molecule has 0 N–H and O–H groups in total. The van der Waals surface area contributed by atoms with Crippen LogP contribution in [0.5, 0.6) is 0 Å². The van der Waals surface area contributed by atoms with Crippen LogP contribution in [0.3, 0.4) is 0 Å². The van der Waals surface area contributed by atoms with Crippen molar-refractivity contribution in [3.8, 4) is 5.69 Å². The summed E-state index contributed by atoms with van der Waals surface area (Å²) >= 11 is 0. The summed E-state index contributed by atoms with van der Waals surface area (Å²) in [7, 11) is 0. The number of aromatic nitrogens is 2. The topological polar surface area (TPSA) is 34.9 Å². The summed E-state index contributed by atoms with van der Waals surface area (Å²) < 4.78 is 1.92. The zero-order chi connectivity index (χ0) is 19.0. The molecule has 0 saturated carbocycles. The summed E-state index contributed by atoms with van der Waals surface area (Å²) in [6.45, 7) is 13.1. The molecule has 0 amide bonds. The van der Waals surface area contributed by atoms with E-state index in [9.17, 15) is 4.79 Å². The van der Waals surface area contributed by atoms with Crippen LogP contribution in [0.2, 0.25) is 0 Å². The lowest BCUT2D eigenvalue weighted by atomic mass is 9.79. The molecule has 1 atom stereocenters. The van der Waals surface area contributed by atoms with E-state index in [1.54, 1.807) is 0 Å². The molecular formula is C23H32N2O. The highest BCUT2D eigenvalue weighted by molar-refractivity contribution is 5.99. The van der Waals surface area contributed by atoms with Gasteiger partial charge in [0.25, 0.3) is 0 Å². The first kappa shape index (κ1) is 18.9. The molecule has 1 aromatic heterocycles. The van der Waals surface area contributed by atoms with Crippen LogP contribution in [0.1, 0.15) is 81.2 Å². The van der Waals surface area contributed by atoms with Crippen LogP contribution >= 0.6 is 0 Å². The molecule has 26 heavy (non-hydrogen) atoms. The maximum atomic E-state index is 13.3. The number of fused-ring (bicyclic) bond motifs is 1. The van der Waals surface area contributed by atoms with Gasteiger partial charge in [-0.15, -0.1) is 0 Å². The molecule has 0 bridgehead atoms. The zero-order valence-electron chi connectivity index (χ0n) is 17.0. The van der Waals surface area contributed by atoms with Crippen molar-refractivity contribution in [2.75, 3.05) is 0 Å². The molecule has 1 aromatic carbocycles. The molecule has 3 heteroatoms. The van der Waals surface area contributed by atoms with Crippen molar-refractivity contribution in [1.82, 2.24) is 9.78 Å². The summed E-state index contributed by atoms with van der Waals surface area (Å²) in [4.78, 5) is 13.3. The van der Waals surface area contributed by atoms with E-state index in [0.717, 1.165) is 36.3 Å². The molecule has 0 fully saturated rings. The lowest BCUT2D eigenvalue weighted by Crippen LogP contribution is -2.28. The molecule has 3 rings (SSSR count). The number of carbonyl (C=O) groups excluding carboxylic acids is 1. The van der Waals surface area contributed by atoms with Crippen LogP contribution in [0.25, 0.3) is 5.69 Å². The number of carbonyl (C=O) groups is 1. The fourth-order valence-electron chi connectivity index (χ4n) is 3.99. The molecule has 1 aliphatic carbocycles. The number of rotatable bonds is 5. The predicted molar refractivity (Wildman–Crippen MR) is 107 cm³/mol. The zero-order valence-corrected chi connectivity index (χ0v) is 17.0. The second-order valence-corrected chi connectivity index (χ2v) is 8.78. The van der Waals surface area contributed by atoms with Gasteiger partial charge >= 0.3 is 0 Å². The van der Waals surface area contributed by atoms with Gasteiger partial charge in [0.2, 0.25) is 0 Å². The van der Waals surface area contributed by atoms with E-state index >= 15 is 0 Å². The van der Waals surface area contributed by atoms with E-state index in [4.69, 9.17) is 5.10 Å². The number of ketones is 1. The van der Waals surface area contributed by atoms with Crippen molar-refractivity contribution in [2.24, 2.45) is 17.8 Å². The number of hydrogen-bond acceptors (Lipinski definition) is 2. The Morgan fingerprint density at radius 1 is 1.08 bits per heavy atom. The summed E-state index contributed by atoms with van der Waals surface area (Å²) in [5.74, 6) is 1.79. The van der Waals surface area contributed by atoms with Gasteiger partial charge in [0.1, 0.15) is 5.69 Å². The van der Waals surface area contributed by atoms with Crippen molar-refractivity contribution < 1.29 is 4.79 Å². The second kappa shape index (κ2) is 7.38. The number of hydrogen-bond donors (Lipinski definition) is 0. The molecule has 2 aromatic rings. The van der Waals surface area contributed by atoms with Gasteiger partial charge in [-0.2, -0.15) is 5.10 Å². The maximum absolute atomic E-state index is 13.3. The van der Waals surface area contributed by atoms with Gasteiger partial charge in [0, 0.05) is 11.5 Å². The van der Waals surface area contributed by atoms with Crippen LogP contribution in [0, 0.1) is 17.8 Å². The van der Waals surface area contributed by atoms with Crippen molar-refractivity contribution in [3.63, 3.8) is 0 Å². The van der Waals surface area contributed by atoms with E-state index in [1.165, 1.54) is 11.1 Å². The molecule has 0 radical (unpaired) electrons. The Kier molecular flexibility index (Phi) is 5.36. The number of nitrogens with zero attached hydrogens (tertiary/aromatic N) is 2. The van der Waals surface area contributed by atoms with Gasteiger partial charge < -0.3 is 0 Å². The lowest BCUT2D eigenvalue weighted by Gasteiger charge is -2.25. The van der Waals surface area contributed by atoms with Crippen molar-refractivity contribution in [2.45, 2.75) is 66.7 Å². The fourth-order valence-corrected chi connectivity index (χ4v) is 3.99. The second-order valence-electron chi connectivity index (χ2n) is 8.78. The van der Waals surface area contributed by atoms with E-state index < -0.39 is 0 Å². The fraction of sp³-hybridized carbons (Fsp3) is 0.565. The van der Waals surface area contributed by atoms with Gasteiger partial charge in [0.05, 0.1) is 11.4 Å². The molecule has 1 heterocycles. The van der Waals surface area contributed by atoms with E-state index in [1.807, 2.05) is 4.68 Å². The molecule has 0 saturated heterocycles. The van der Waals surface area contributed by atoms with Gasteiger partial charge in [-0.25, -0.2) is 4.68 Å². The minimum atomic E-state index is 0.111. The van der Waals surface area contributed by atoms with Gasteiger partial charge in [-0.3, -0.25) is 4.79 Å². The maximum Gasteiger partial charge on any atom is 0.184 e. The van der Waals surface area contributed by atoms with Crippen LogP contribution < -0.4 is 0 Å². The number of Topliss-reactive ketones (excluding diaryl/α,β-unsaturated/α-hetero) is 1. The third kappa shape index (κ3) is 3.49. The Labute approximate surface area is 157 Å². The molecule has 1 aliphatic rings. The predicted octanol–water partition coefficient (Wildman–Crippen LogP) is 5.60. The highest BCUT2D eigenvalue weighted by Gasteiger charge is 2.35. The standard InChI is InChI=1S/C23H32N2O/c1-14(2)13-21-20-12-11-19(16(5)6)23(26)22(20)25(24-21)18-9-7-17(8-10-18)15(3)4/h7-10,14-16,19H,11-13H2,1-6H3. The molecule has 0 aliphatic heterocycles. The van der Waals surface area contributed by atoms with E-state index in [0.29, 0.717) is 17.8 Å². The molecule has 1 unspecified atom stereocenters. The van der Waals surface area contributed by atoms with Crippen molar-refractivity contribution in [3.05, 3.63) is 46.8 Å². The summed E-state index contributed by atoms with van der Waals surface area (Å²) in [6.07, 6.45) is 2.85. The largest absolute Gasteiger partial charge is 0.292 e. The number of benzene rings is 1. The highest BCUT2D eigenvalue weighted by atomic mass is 16.1. The van der Waals surface area contributed by atoms with E-state index in [-0.39, 0.29) is 11.7 Å². The molecular weight excluding hydrogens is 320 g/mol. The quantitative estimate of drug-likeness (QED) is 0.702. The summed E-state index contributed by atoms with van der Waals surface area (Å²) in [5, 5.41) is 4.92. The van der Waals surface area contributed by atoms with Crippen LogP contribution in [0.4, 0.5) is 0 Å². The SMILES string of the molecule is CC(C)Cc1nn(-c2ccc(C(C)C)cc2)c2c1CCC(C(C)C)C2=O. The molecule has 140 valence electrons. The van der Waals surface area contributed by atoms with E-state index in [2.05, 4.69) is 65.8 Å². The Balaban J connectivity index is 2.10. The van der Waals surface area contributed by atoms with Gasteiger partial charge in [-0.1, -0.05) is 53.7 Å². The van der Waals surface area contributed by atoms with Crippen molar-refractivity contribution >= 4 is 5.78 Å². The van der Waals surface area contributed by atoms with Crippen molar-refractivity contribution in [1.29, 1.82) is 0 Å². The smallest absolute Gasteiger partial charge is 0.184 e. The minimum absolute atomic E-state index is 0.111. The van der Waals surface area contributed by atoms with Gasteiger partial charge in [-0.05, 0) is 54.7 Å². The first-order valence-electron chi connectivity index (χ1n) is 10.0. The van der Waals surface area contributed by atoms with Crippen LogP contribution in [0.15, 0.2) is 24.3 Å². The third-order valence-electron chi connectivity index (χ3n) is 5.55.